The van der Waals surface area contributed by atoms with E-state index in [9.17, 15) is 19.6 Å². The van der Waals surface area contributed by atoms with Gasteiger partial charge in [-0.05, 0) is 30.7 Å². The molecule has 0 aliphatic rings. The van der Waals surface area contributed by atoms with Crippen LogP contribution in [0.5, 0.6) is 0 Å². The Labute approximate surface area is 126 Å². The lowest BCUT2D eigenvalue weighted by atomic mass is 10.2. The molecule has 2 aromatic rings. The summed E-state index contributed by atoms with van der Waals surface area (Å²) in [5.74, 6) is -0.389. The van der Waals surface area contributed by atoms with E-state index in [4.69, 9.17) is 0 Å². The molecule has 0 bridgehead atoms. The second-order valence-electron chi connectivity index (χ2n) is 4.64. The Morgan fingerprint density at radius 3 is 2.55 bits per heavy atom. The molecule has 6 nitrogen and oxygen atoms in total. The molecule has 0 aliphatic carbocycles. The first-order valence-corrected chi connectivity index (χ1v) is 6.77. The molecular formula is C15H15FN3O3-. The number of nitrogens with one attached hydrogen (secondary N) is 1. The second kappa shape index (κ2) is 6.75. The van der Waals surface area contributed by atoms with Gasteiger partial charge in [-0.2, -0.15) is 4.90 Å². The number of nitrogens with zero attached hydrogens (tertiary/aromatic N) is 2. The van der Waals surface area contributed by atoms with Crippen LogP contribution in [0.4, 0.5) is 15.9 Å². The molecule has 0 spiro atoms. The molecule has 0 fully saturated rings. The molecule has 0 radical (unpaired) electrons. The van der Waals surface area contributed by atoms with E-state index in [0.29, 0.717) is 12.1 Å². The van der Waals surface area contributed by atoms with E-state index in [1.165, 1.54) is 47.5 Å². The lowest BCUT2D eigenvalue weighted by Crippen LogP contribution is -2.28. The van der Waals surface area contributed by atoms with Crippen LogP contribution >= 0.6 is 0 Å². The fourth-order valence-corrected chi connectivity index (χ4v) is 2.02. The molecule has 0 saturated heterocycles. The van der Waals surface area contributed by atoms with Gasteiger partial charge in [0, 0.05) is 18.7 Å². The third kappa shape index (κ3) is 3.43. The van der Waals surface area contributed by atoms with Crippen molar-refractivity contribution in [2.24, 2.45) is 0 Å². The molecule has 0 aliphatic heterocycles. The molecule has 1 heterocycles. The maximum atomic E-state index is 13.1. The van der Waals surface area contributed by atoms with Gasteiger partial charge in [-0.3, -0.25) is 9.69 Å². The highest BCUT2D eigenvalue weighted by molar-refractivity contribution is 5.99. The largest absolute Gasteiger partial charge is 0.612 e. The van der Waals surface area contributed by atoms with Crippen LogP contribution in [-0.2, 0) is 4.79 Å². The first-order chi connectivity index (χ1) is 10.5. The Bertz CT molecular complexity index is 721. The molecule has 1 amide bonds. The number of carbonyl (C=O) groups excluding carboxylic acids is 1. The molecule has 7 heteroatoms. The minimum absolute atomic E-state index is 0.134. The molecule has 1 N–H and O–H groups in total. The molecule has 2 rings (SSSR count). The Balaban J connectivity index is 2.54. The summed E-state index contributed by atoms with van der Waals surface area (Å²) in [6, 6.07) is 7.95. The van der Waals surface area contributed by atoms with Gasteiger partial charge in [-0.1, -0.05) is 6.92 Å². The molecule has 0 saturated carbocycles. The number of benzene rings is 1. The van der Waals surface area contributed by atoms with Crippen LogP contribution in [0, 0.1) is 16.2 Å². The number of aromatic amines is 1. The summed E-state index contributed by atoms with van der Waals surface area (Å²) in [6.45, 7) is 1.86. The highest BCUT2D eigenvalue weighted by Gasteiger charge is 2.18. The SMILES string of the molecule is CCCC(=O)N(c1ccc(F)cc1)c1cc(=[N+]([O-])[O-])cc[nH]1. The maximum Gasteiger partial charge on any atom is 0.232 e. The zero-order chi connectivity index (χ0) is 16.1. The van der Waals surface area contributed by atoms with Crippen molar-refractivity contribution in [3.05, 3.63) is 64.2 Å². The lowest BCUT2D eigenvalue weighted by Gasteiger charge is -2.22. The van der Waals surface area contributed by atoms with E-state index in [-0.39, 0.29) is 23.5 Å². The van der Waals surface area contributed by atoms with Crippen molar-refractivity contribution in [1.29, 1.82) is 0 Å². The van der Waals surface area contributed by atoms with Crippen LogP contribution in [0.3, 0.4) is 0 Å². The first-order valence-electron chi connectivity index (χ1n) is 6.77. The van der Waals surface area contributed by atoms with Gasteiger partial charge in [0.2, 0.25) is 11.3 Å². The summed E-state index contributed by atoms with van der Waals surface area (Å²) in [4.78, 5) is 16.0. The van der Waals surface area contributed by atoms with Gasteiger partial charge in [-0.25, -0.2) is 4.39 Å². The number of aromatic nitrogens is 1. The Hall–Kier alpha value is -2.83. The van der Waals surface area contributed by atoms with Crippen molar-refractivity contribution in [1.82, 2.24) is 9.89 Å². The molecule has 22 heavy (non-hydrogen) atoms. The Morgan fingerprint density at radius 1 is 1.27 bits per heavy atom. The normalized spacial score (nSPS) is 10.3. The van der Waals surface area contributed by atoms with Gasteiger partial charge in [-0.15, -0.1) is 0 Å². The Kier molecular flexibility index (Phi) is 4.77. The van der Waals surface area contributed by atoms with E-state index < -0.39 is 10.7 Å². The first kappa shape index (κ1) is 15.6. The third-order valence-electron chi connectivity index (χ3n) is 3.02. The zero-order valence-corrected chi connectivity index (χ0v) is 12.0. The predicted octanol–water partition coefficient (Wildman–Crippen LogP) is 2.39. The van der Waals surface area contributed by atoms with Crippen LogP contribution in [0.25, 0.3) is 0 Å². The highest BCUT2D eigenvalue weighted by Crippen LogP contribution is 2.24. The van der Waals surface area contributed by atoms with Gasteiger partial charge in [0.1, 0.15) is 11.6 Å². The number of carbonyl (C=O) groups is 1. The summed E-state index contributed by atoms with van der Waals surface area (Å²) in [5, 5.41) is 21.6. The van der Waals surface area contributed by atoms with Gasteiger partial charge >= 0.3 is 0 Å². The van der Waals surface area contributed by atoms with Crippen LogP contribution < -0.4 is 15.2 Å². The number of rotatable bonds is 4. The molecule has 1 aromatic carbocycles. The zero-order valence-electron chi connectivity index (χ0n) is 12.0. The monoisotopic (exact) mass is 304 g/mol. The van der Waals surface area contributed by atoms with Gasteiger partial charge in [0.15, 0.2) is 0 Å². The molecular weight excluding hydrogens is 289 g/mol. The smallest absolute Gasteiger partial charge is 0.232 e. The van der Waals surface area contributed by atoms with Crippen molar-refractivity contribution < 1.29 is 9.18 Å². The van der Waals surface area contributed by atoms with Crippen molar-refractivity contribution in [2.75, 3.05) is 4.90 Å². The summed E-state index contributed by atoms with van der Waals surface area (Å²) in [7, 11) is 0. The third-order valence-corrected chi connectivity index (χ3v) is 3.02. The fraction of sp³-hybridized carbons (Fsp3) is 0.200. The van der Waals surface area contributed by atoms with Crippen LogP contribution in [-0.4, -0.2) is 10.9 Å². The lowest BCUT2D eigenvalue weighted by molar-refractivity contribution is -0.117. The van der Waals surface area contributed by atoms with E-state index in [1.807, 2.05) is 6.92 Å². The number of H-pyrrole nitrogens is 1. The number of hydrogen-bond acceptors (Lipinski definition) is 3. The van der Waals surface area contributed by atoms with Crippen molar-refractivity contribution >= 4 is 17.4 Å². The molecule has 1 aromatic heterocycles. The van der Waals surface area contributed by atoms with Crippen LogP contribution in [0.1, 0.15) is 19.8 Å². The van der Waals surface area contributed by atoms with E-state index in [1.54, 1.807) is 0 Å². The molecule has 0 atom stereocenters. The predicted molar refractivity (Wildman–Crippen MR) is 81.2 cm³/mol. The van der Waals surface area contributed by atoms with E-state index >= 15 is 0 Å². The quantitative estimate of drug-likeness (QED) is 0.880. The summed E-state index contributed by atoms with van der Waals surface area (Å²) < 4.78 is 13.1. The number of halogens is 1. The summed E-state index contributed by atoms with van der Waals surface area (Å²) >= 11 is 0. The van der Waals surface area contributed by atoms with E-state index in [0.717, 1.165) is 0 Å². The second-order valence-corrected chi connectivity index (χ2v) is 4.64. The van der Waals surface area contributed by atoms with Gasteiger partial charge in [0.25, 0.3) is 0 Å². The van der Waals surface area contributed by atoms with Gasteiger partial charge < -0.3 is 15.4 Å². The molecule has 0 unspecified atom stereocenters. The van der Waals surface area contributed by atoms with Crippen LogP contribution in [0.2, 0.25) is 0 Å². The van der Waals surface area contributed by atoms with Crippen molar-refractivity contribution in [3.63, 3.8) is 0 Å². The topological polar surface area (TPSA) is 85.2 Å². The number of hydrogen-bond donors (Lipinski definition) is 1. The van der Waals surface area contributed by atoms with Crippen LogP contribution in [0.15, 0.2) is 42.6 Å². The Morgan fingerprint density at radius 2 is 1.95 bits per heavy atom. The fourth-order valence-electron chi connectivity index (χ4n) is 2.02. The maximum absolute atomic E-state index is 13.1. The minimum atomic E-state index is -0.537. The average molecular weight is 304 g/mol. The van der Waals surface area contributed by atoms with Crippen molar-refractivity contribution in [2.45, 2.75) is 19.8 Å². The minimum Gasteiger partial charge on any atom is -0.612 e. The number of anilines is 2. The number of amides is 1. The van der Waals surface area contributed by atoms with E-state index in [2.05, 4.69) is 4.98 Å². The number of pyridine rings is 1. The highest BCUT2D eigenvalue weighted by atomic mass is 19.1. The summed E-state index contributed by atoms with van der Waals surface area (Å²) in [6.07, 6.45) is 2.29. The average Bonchev–Trinajstić information content (AvgIpc) is 2.50. The van der Waals surface area contributed by atoms with Gasteiger partial charge in [0.05, 0.1) is 11.8 Å². The summed E-state index contributed by atoms with van der Waals surface area (Å²) in [5.41, 5.74) is 0.441. The standard InChI is InChI=1S/C15H15FN3O3/c1-2-3-15(20)18(12-6-4-11(16)5-7-12)14-10-13(19(21)22)8-9-17-14/h4-10,17H,2-3H2,1H3/q-1. The molecule has 116 valence electrons. The van der Waals surface area contributed by atoms with Crippen molar-refractivity contribution in [3.8, 4) is 0 Å².